The van der Waals surface area contributed by atoms with Crippen LogP contribution < -0.4 is 4.74 Å². The summed E-state index contributed by atoms with van der Waals surface area (Å²) < 4.78 is 19.2. The largest absolute Gasteiger partial charge is 0.507 e. The van der Waals surface area contributed by atoms with Gasteiger partial charge in [0.05, 0.1) is 11.6 Å². The van der Waals surface area contributed by atoms with Crippen molar-refractivity contribution in [2.24, 2.45) is 0 Å². The van der Waals surface area contributed by atoms with Crippen molar-refractivity contribution >= 4 is 17.4 Å². The number of nitrogens with zero attached hydrogens (tertiary/aromatic N) is 2. The molecule has 34 heavy (non-hydrogen) atoms. The third kappa shape index (κ3) is 4.45. The summed E-state index contributed by atoms with van der Waals surface area (Å²) in [4.78, 5) is 31.6. The summed E-state index contributed by atoms with van der Waals surface area (Å²) in [5.41, 5.74) is 2.29. The Balaban J connectivity index is 1.81. The van der Waals surface area contributed by atoms with Gasteiger partial charge in [-0.25, -0.2) is 4.39 Å². The summed E-state index contributed by atoms with van der Waals surface area (Å²) in [6.45, 7) is 5.87. The van der Waals surface area contributed by atoms with E-state index in [4.69, 9.17) is 4.74 Å². The van der Waals surface area contributed by atoms with E-state index in [1.165, 1.54) is 29.2 Å². The van der Waals surface area contributed by atoms with E-state index in [0.29, 0.717) is 23.5 Å². The molecule has 2 heterocycles. The van der Waals surface area contributed by atoms with Gasteiger partial charge in [0.15, 0.2) is 0 Å². The summed E-state index contributed by atoms with van der Waals surface area (Å²) in [5, 5.41) is 11.2. The van der Waals surface area contributed by atoms with Crippen LogP contribution in [-0.2, 0) is 16.1 Å². The van der Waals surface area contributed by atoms with E-state index in [0.717, 1.165) is 11.1 Å². The predicted molar refractivity (Wildman–Crippen MR) is 125 cm³/mol. The highest BCUT2D eigenvalue weighted by Crippen LogP contribution is 2.40. The van der Waals surface area contributed by atoms with Gasteiger partial charge in [-0.2, -0.15) is 0 Å². The zero-order chi connectivity index (χ0) is 24.2. The van der Waals surface area contributed by atoms with Crippen molar-refractivity contribution in [1.82, 2.24) is 9.88 Å². The molecule has 1 amide bonds. The van der Waals surface area contributed by atoms with Crippen LogP contribution in [0.3, 0.4) is 0 Å². The van der Waals surface area contributed by atoms with E-state index in [1.54, 1.807) is 48.8 Å². The maximum atomic E-state index is 13.6. The molecular formula is C27H23FN2O4. The summed E-state index contributed by atoms with van der Waals surface area (Å²) in [6.07, 6.45) is 4.84. The number of hydrogen-bond donors (Lipinski definition) is 1. The number of aromatic nitrogens is 1. The molecule has 2 aromatic carbocycles. The zero-order valence-corrected chi connectivity index (χ0v) is 18.6. The number of carbonyl (C=O) groups is 2. The van der Waals surface area contributed by atoms with Gasteiger partial charge in [-0.3, -0.25) is 14.6 Å². The fourth-order valence-corrected chi connectivity index (χ4v) is 3.99. The maximum Gasteiger partial charge on any atom is 0.295 e. The highest BCUT2D eigenvalue weighted by Gasteiger charge is 2.46. The molecule has 1 atom stereocenters. The lowest BCUT2D eigenvalue weighted by molar-refractivity contribution is -0.140. The molecule has 172 valence electrons. The van der Waals surface area contributed by atoms with Crippen molar-refractivity contribution in [3.8, 4) is 5.75 Å². The fourth-order valence-electron chi connectivity index (χ4n) is 3.99. The van der Waals surface area contributed by atoms with Crippen LogP contribution in [0.1, 0.15) is 28.3 Å². The van der Waals surface area contributed by atoms with Crippen molar-refractivity contribution in [2.75, 3.05) is 6.61 Å². The SMILES string of the molecule is C=CCOc1ccc(C(O)=C2C(=O)C(=O)N(Cc3cccnc3)[C@@H]2c2ccc(F)cc2)cc1C. The Morgan fingerprint density at radius 2 is 1.97 bits per heavy atom. The normalized spacial score (nSPS) is 17.1. The Kier molecular flexibility index (Phi) is 6.54. The number of rotatable bonds is 7. The number of carbonyl (C=O) groups excluding carboxylic acids is 2. The molecule has 3 aromatic rings. The molecule has 1 N–H and O–H groups in total. The van der Waals surface area contributed by atoms with Gasteiger partial charge in [-0.15, -0.1) is 0 Å². The zero-order valence-electron chi connectivity index (χ0n) is 18.6. The summed E-state index contributed by atoms with van der Waals surface area (Å²) >= 11 is 0. The van der Waals surface area contributed by atoms with Crippen molar-refractivity contribution < 1.29 is 23.8 Å². The lowest BCUT2D eigenvalue weighted by Crippen LogP contribution is -2.29. The molecule has 1 aliphatic rings. The number of likely N-dealkylation sites (tertiary alicyclic amines) is 1. The van der Waals surface area contributed by atoms with Crippen molar-refractivity contribution in [1.29, 1.82) is 0 Å². The average Bonchev–Trinajstić information content (AvgIpc) is 3.09. The van der Waals surface area contributed by atoms with Gasteiger partial charge in [0, 0.05) is 24.5 Å². The number of aliphatic hydroxyl groups excluding tert-OH is 1. The fraction of sp³-hybridized carbons (Fsp3) is 0.148. The topological polar surface area (TPSA) is 79.7 Å². The first-order valence-corrected chi connectivity index (χ1v) is 10.7. The lowest BCUT2D eigenvalue weighted by Gasteiger charge is -2.25. The first-order chi connectivity index (χ1) is 16.4. The molecule has 6 nitrogen and oxygen atoms in total. The van der Waals surface area contributed by atoms with E-state index in [2.05, 4.69) is 11.6 Å². The number of ether oxygens (including phenoxy) is 1. The number of aryl methyl sites for hydroxylation is 1. The van der Waals surface area contributed by atoms with E-state index in [-0.39, 0.29) is 17.9 Å². The number of pyridine rings is 1. The Bertz CT molecular complexity index is 1270. The Morgan fingerprint density at radius 1 is 1.21 bits per heavy atom. The Morgan fingerprint density at radius 3 is 2.62 bits per heavy atom. The second kappa shape index (κ2) is 9.70. The van der Waals surface area contributed by atoms with Crippen molar-refractivity contribution in [3.63, 3.8) is 0 Å². The van der Waals surface area contributed by atoms with E-state index >= 15 is 0 Å². The minimum atomic E-state index is -0.891. The third-order valence-corrected chi connectivity index (χ3v) is 5.61. The molecule has 7 heteroatoms. The van der Waals surface area contributed by atoms with E-state index in [9.17, 15) is 19.1 Å². The number of ketones is 1. The van der Waals surface area contributed by atoms with Crippen LogP contribution in [0.25, 0.3) is 5.76 Å². The molecule has 1 aromatic heterocycles. The quantitative estimate of drug-likeness (QED) is 0.240. The highest BCUT2D eigenvalue weighted by atomic mass is 19.1. The van der Waals surface area contributed by atoms with Gasteiger partial charge in [0.1, 0.15) is 23.9 Å². The molecule has 0 radical (unpaired) electrons. The summed E-state index contributed by atoms with van der Waals surface area (Å²) in [7, 11) is 0. The Labute approximate surface area is 196 Å². The first-order valence-electron chi connectivity index (χ1n) is 10.7. The molecule has 0 unspecified atom stereocenters. The number of Topliss-reactive ketones (excluding diaryl/α,β-unsaturated/α-hetero) is 1. The van der Waals surface area contributed by atoms with E-state index < -0.39 is 23.5 Å². The van der Waals surface area contributed by atoms with Gasteiger partial charge in [-0.1, -0.05) is 30.9 Å². The number of benzene rings is 2. The van der Waals surface area contributed by atoms with Crippen molar-refractivity contribution in [3.05, 3.63) is 113 Å². The smallest absolute Gasteiger partial charge is 0.295 e. The van der Waals surface area contributed by atoms with Crippen LogP contribution in [0.5, 0.6) is 5.75 Å². The minimum Gasteiger partial charge on any atom is -0.507 e. The molecule has 1 aliphatic heterocycles. The monoisotopic (exact) mass is 458 g/mol. The van der Waals surface area contributed by atoms with Crippen LogP contribution >= 0.6 is 0 Å². The number of halogens is 1. The average molecular weight is 458 g/mol. The Hall–Kier alpha value is -4.26. The molecular weight excluding hydrogens is 435 g/mol. The lowest BCUT2D eigenvalue weighted by atomic mass is 9.94. The molecule has 0 aliphatic carbocycles. The number of amides is 1. The highest BCUT2D eigenvalue weighted by molar-refractivity contribution is 6.46. The standard InChI is InChI=1S/C27H23FN2O4/c1-3-13-34-22-11-8-20(14-17(22)2)25(31)23-24(19-6-9-21(28)10-7-19)30(27(33)26(23)32)16-18-5-4-12-29-15-18/h3-12,14-15,24,31H,1,13,16H2,2H3/t24-/m1/s1. The van der Waals surface area contributed by atoms with Crippen molar-refractivity contribution in [2.45, 2.75) is 19.5 Å². The van der Waals surface area contributed by atoms with Crippen LogP contribution in [0.4, 0.5) is 4.39 Å². The van der Waals surface area contributed by atoms with Crippen LogP contribution in [0.15, 0.2) is 85.2 Å². The van der Waals surface area contributed by atoms with Gasteiger partial charge < -0.3 is 14.7 Å². The molecule has 4 rings (SSSR count). The molecule has 0 bridgehead atoms. The van der Waals surface area contributed by atoms with Gasteiger partial charge in [0.2, 0.25) is 0 Å². The number of hydrogen-bond acceptors (Lipinski definition) is 5. The molecule has 0 spiro atoms. The van der Waals surface area contributed by atoms with Gasteiger partial charge in [0.25, 0.3) is 11.7 Å². The number of aliphatic hydroxyl groups is 1. The van der Waals surface area contributed by atoms with Crippen LogP contribution in [0.2, 0.25) is 0 Å². The second-order valence-corrected chi connectivity index (χ2v) is 7.92. The van der Waals surface area contributed by atoms with Crippen LogP contribution in [0, 0.1) is 12.7 Å². The first kappa shape index (κ1) is 22.9. The predicted octanol–water partition coefficient (Wildman–Crippen LogP) is 4.72. The molecule has 1 fully saturated rings. The summed E-state index contributed by atoms with van der Waals surface area (Å²) in [6, 6.07) is 13.2. The third-order valence-electron chi connectivity index (χ3n) is 5.61. The molecule has 0 saturated carbocycles. The second-order valence-electron chi connectivity index (χ2n) is 7.92. The van der Waals surface area contributed by atoms with E-state index in [1.807, 2.05) is 6.92 Å². The maximum absolute atomic E-state index is 13.6. The molecule has 1 saturated heterocycles. The summed E-state index contributed by atoms with van der Waals surface area (Å²) in [5.74, 6) is -1.69. The van der Waals surface area contributed by atoms with Gasteiger partial charge >= 0.3 is 0 Å². The van der Waals surface area contributed by atoms with Gasteiger partial charge in [-0.05, 0) is 60.0 Å². The minimum absolute atomic E-state index is 0.0559. The van der Waals surface area contributed by atoms with Crippen LogP contribution in [-0.4, -0.2) is 33.3 Å².